The van der Waals surface area contributed by atoms with Crippen molar-refractivity contribution < 1.29 is 0 Å². The minimum atomic E-state index is 0.534. The van der Waals surface area contributed by atoms with Crippen molar-refractivity contribution in [1.82, 2.24) is 10.2 Å². The topological polar surface area (TPSA) is 15.3 Å². The van der Waals surface area contributed by atoms with Crippen molar-refractivity contribution in [3.8, 4) is 0 Å². The summed E-state index contributed by atoms with van der Waals surface area (Å²) in [5.74, 6) is 1.28. The van der Waals surface area contributed by atoms with Crippen molar-refractivity contribution >= 4 is 11.8 Å². The van der Waals surface area contributed by atoms with E-state index in [1.807, 2.05) is 11.8 Å². The maximum absolute atomic E-state index is 3.68. The predicted octanol–water partition coefficient (Wildman–Crippen LogP) is 3.62. The van der Waals surface area contributed by atoms with Crippen molar-refractivity contribution in [2.75, 3.05) is 32.1 Å². The van der Waals surface area contributed by atoms with Crippen LogP contribution in [0.3, 0.4) is 0 Å². The summed E-state index contributed by atoms with van der Waals surface area (Å²) in [6.45, 7) is 9.36. The monoisotopic (exact) mass is 286 g/mol. The number of rotatable bonds is 9. The van der Waals surface area contributed by atoms with E-state index < -0.39 is 0 Å². The van der Waals surface area contributed by atoms with Crippen LogP contribution in [0.1, 0.15) is 52.9 Å². The first-order valence-corrected chi connectivity index (χ1v) is 9.31. The van der Waals surface area contributed by atoms with E-state index >= 15 is 0 Å². The van der Waals surface area contributed by atoms with Gasteiger partial charge >= 0.3 is 0 Å². The molecule has 3 heteroatoms. The zero-order valence-corrected chi connectivity index (χ0v) is 14.5. The molecule has 1 N–H and O–H groups in total. The lowest BCUT2D eigenvalue weighted by Gasteiger charge is -2.37. The second-order valence-electron chi connectivity index (χ2n) is 6.79. The van der Waals surface area contributed by atoms with E-state index in [2.05, 4.69) is 44.3 Å². The minimum Gasteiger partial charge on any atom is -0.314 e. The highest BCUT2D eigenvalue weighted by molar-refractivity contribution is 7.98. The van der Waals surface area contributed by atoms with E-state index in [1.165, 1.54) is 50.9 Å². The molecule has 1 fully saturated rings. The molecule has 0 heterocycles. The van der Waals surface area contributed by atoms with Gasteiger partial charge in [0.05, 0.1) is 0 Å². The summed E-state index contributed by atoms with van der Waals surface area (Å²) in [5.41, 5.74) is 0.534. The summed E-state index contributed by atoms with van der Waals surface area (Å²) in [7, 11) is 2.32. The van der Waals surface area contributed by atoms with Crippen LogP contribution < -0.4 is 5.32 Å². The van der Waals surface area contributed by atoms with Gasteiger partial charge in [0.2, 0.25) is 0 Å². The Morgan fingerprint density at radius 3 is 2.37 bits per heavy atom. The maximum Gasteiger partial charge on any atom is 0.00719 e. The number of nitrogens with one attached hydrogen (secondary N) is 1. The van der Waals surface area contributed by atoms with Crippen molar-refractivity contribution in [2.45, 2.75) is 65.0 Å². The molecule has 0 aromatic rings. The van der Waals surface area contributed by atoms with E-state index in [1.54, 1.807) is 0 Å². The summed E-state index contributed by atoms with van der Waals surface area (Å²) in [6.07, 6.45) is 9.18. The van der Waals surface area contributed by atoms with Gasteiger partial charge in [-0.1, -0.05) is 26.7 Å². The molecule has 0 bridgehead atoms. The average molecular weight is 287 g/mol. The van der Waals surface area contributed by atoms with Crippen LogP contribution in [-0.4, -0.2) is 49.1 Å². The van der Waals surface area contributed by atoms with Gasteiger partial charge in [-0.15, -0.1) is 0 Å². The number of hydrogen-bond donors (Lipinski definition) is 1. The fraction of sp³-hybridized carbons (Fsp3) is 1.00. The van der Waals surface area contributed by atoms with Crippen molar-refractivity contribution in [2.24, 2.45) is 5.41 Å². The molecule has 0 radical (unpaired) electrons. The van der Waals surface area contributed by atoms with E-state index in [4.69, 9.17) is 0 Å². The molecule has 0 saturated heterocycles. The van der Waals surface area contributed by atoms with Gasteiger partial charge < -0.3 is 10.2 Å². The molecule has 2 nitrogen and oxygen atoms in total. The van der Waals surface area contributed by atoms with E-state index in [0.29, 0.717) is 17.5 Å². The van der Waals surface area contributed by atoms with Crippen LogP contribution in [0, 0.1) is 5.41 Å². The van der Waals surface area contributed by atoms with Crippen LogP contribution in [0.15, 0.2) is 0 Å². The molecule has 0 amide bonds. The molecule has 19 heavy (non-hydrogen) atoms. The molecule has 0 aromatic heterocycles. The molecule has 0 spiro atoms. The summed E-state index contributed by atoms with van der Waals surface area (Å²) < 4.78 is 0. The Morgan fingerprint density at radius 2 is 1.84 bits per heavy atom. The standard InChI is InChI=1S/C16H34N2S/c1-14(2)17-12-16(9-6-7-10-16)13-18(4)15(3)8-11-19-5/h14-15,17H,6-13H2,1-5H3. The van der Waals surface area contributed by atoms with E-state index in [-0.39, 0.29) is 0 Å². The molecule has 114 valence electrons. The highest BCUT2D eigenvalue weighted by atomic mass is 32.2. The lowest BCUT2D eigenvalue weighted by Crippen LogP contribution is -2.45. The Morgan fingerprint density at radius 1 is 1.21 bits per heavy atom. The molecule has 1 rings (SSSR count). The number of thioether (sulfide) groups is 1. The summed E-state index contributed by atoms with van der Waals surface area (Å²) >= 11 is 1.96. The molecule has 1 aliphatic carbocycles. The van der Waals surface area contributed by atoms with Gasteiger partial charge in [-0.25, -0.2) is 0 Å². The SMILES string of the molecule is CSCCC(C)N(C)CC1(CNC(C)C)CCCC1. The van der Waals surface area contributed by atoms with Crippen LogP contribution in [0.25, 0.3) is 0 Å². The lowest BCUT2D eigenvalue weighted by molar-refractivity contribution is 0.137. The lowest BCUT2D eigenvalue weighted by atomic mass is 9.85. The van der Waals surface area contributed by atoms with Crippen LogP contribution >= 0.6 is 11.8 Å². The zero-order valence-electron chi connectivity index (χ0n) is 13.7. The van der Waals surface area contributed by atoms with Gasteiger partial charge in [0.15, 0.2) is 0 Å². The van der Waals surface area contributed by atoms with Gasteiger partial charge in [-0.05, 0) is 50.7 Å². The predicted molar refractivity (Wildman–Crippen MR) is 89.1 cm³/mol. The Labute approximate surface area is 125 Å². The van der Waals surface area contributed by atoms with Gasteiger partial charge in [0.25, 0.3) is 0 Å². The van der Waals surface area contributed by atoms with Crippen molar-refractivity contribution in [3.63, 3.8) is 0 Å². The van der Waals surface area contributed by atoms with Crippen molar-refractivity contribution in [1.29, 1.82) is 0 Å². The molecule has 1 aliphatic rings. The summed E-state index contributed by atoms with van der Waals surface area (Å²) in [4.78, 5) is 2.60. The second kappa shape index (κ2) is 8.53. The largest absolute Gasteiger partial charge is 0.314 e. The first kappa shape index (κ1) is 17.3. The smallest absolute Gasteiger partial charge is 0.00719 e. The fourth-order valence-corrected chi connectivity index (χ4v) is 3.71. The van der Waals surface area contributed by atoms with E-state index in [0.717, 1.165) is 0 Å². The zero-order chi connectivity index (χ0) is 14.3. The van der Waals surface area contributed by atoms with Gasteiger partial charge in [0, 0.05) is 25.2 Å². The average Bonchev–Trinajstić information content (AvgIpc) is 2.82. The molecule has 1 atom stereocenters. The molecule has 1 saturated carbocycles. The Bertz CT molecular complexity index is 237. The third-order valence-corrected chi connectivity index (χ3v) is 5.27. The Hall–Kier alpha value is 0.270. The quantitative estimate of drug-likeness (QED) is 0.697. The first-order valence-electron chi connectivity index (χ1n) is 7.92. The van der Waals surface area contributed by atoms with Gasteiger partial charge in [0.1, 0.15) is 0 Å². The minimum absolute atomic E-state index is 0.534. The molecular formula is C16H34N2S. The van der Waals surface area contributed by atoms with E-state index in [9.17, 15) is 0 Å². The Balaban J connectivity index is 2.47. The highest BCUT2D eigenvalue weighted by Gasteiger charge is 2.35. The fourth-order valence-electron chi connectivity index (χ4n) is 3.13. The van der Waals surface area contributed by atoms with Crippen LogP contribution in [-0.2, 0) is 0 Å². The molecule has 1 unspecified atom stereocenters. The molecule has 0 aromatic carbocycles. The maximum atomic E-state index is 3.68. The third kappa shape index (κ3) is 6.05. The van der Waals surface area contributed by atoms with Crippen LogP contribution in [0.2, 0.25) is 0 Å². The third-order valence-electron chi connectivity index (χ3n) is 4.63. The number of nitrogens with zero attached hydrogens (tertiary/aromatic N) is 1. The Kier molecular flexibility index (Phi) is 7.78. The summed E-state index contributed by atoms with van der Waals surface area (Å²) in [6, 6.07) is 1.32. The van der Waals surface area contributed by atoms with Crippen LogP contribution in [0.5, 0.6) is 0 Å². The van der Waals surface area contributed by atoms with Gasteiger partial charge in [-0.3, -0.25) is 0 Å². The first-order chi connectivity index (χ1) is 8.99. The molecular weight excluding hydrogens is 252 g/mol. The number of hydrogen-bond acceptors (Lipinski definition) is 3. The van der Waals surface area contributed by atoms with Crippen molar-refractivity contribution in [3.05, 3.63) is 0 Å². The molecule has 0 aliphatic heterocycles. The van der Waals surface area contributed by atoms with Gasteiger partial charge in [-0.2, -0.15) is 11.8 Å². The second-order valence-corrected chi connectivity index (χ2v) is 7.77. The highest BCUT2D eigenvalue weighted by Crippen LogP contribution is 2.38. The van der Waals surface area contributed by atoms with Crippen LogP contribution in [0.4, 0.5) is 0 Å². The summed E-state index contributed by atoms with van der Waals surface area (Å²) in [5, 5.41) is 3.68. The normalized spacial score (nSPS) is 20.4.